The summed E-state index contributed by atoms with van der Waals surface area (Å²) < 4.78 is 47.8. The van der Waals surface area contributed by atoms with E-state index < -0.39 is 18.6 Å². The Morgan fingerprint density at radius 3 is 2.64 bits per heavy atom. The predicted molar refractivity (Wildman–Crippen MR) is 101 cm³/mol. The van der Waals surface area contributed by atoms with E-state index in [-0.39, 0.29) is 6.54 Å². The number of hydrogen-bond acceptors (Lipinski definition) is 4. The fourth-order valence-corrected chi connectivity index (χ4v) is 3.19. The molecule has 5 nitrogen and oxygen atoms in total. The van der Waals surface area contributed by atoms with Crippen LogP contribution in [-0.2, 0) is 17.9 Å². The monoisotopic (exact) mass is 417 g/mol. The van der Waals surface area contributed by atoms with Gasteiger partial charge in [0.1, 0.15) is 19.7 Å². The average molecular weight is 417 g/mol. The summed E-state index contributed by atoms with van der Waals surface area (Å²) in [6.45, 7) is 2.05. The van der Waals surface area contributed by atoms with E-state index in [1.807, 2.05) is 41.9 Å². The molecule has 0 fully saturated rings. The van der Waals surface area contributed by atoms with E-state index in [4.69, 9.17) is 9.47 Å². The Kier molecular flexibility index (Phi) is 8.13. The highest BCUT2D eigenvalue weighted by Gasteiger charge is 2.28. The van der Waals surface area contributed by atoms with E-state index in [9.17, 15) is 18.0 Å². The summed E-state index contributed by atoms with van der Waals surface area (Å²) in [7, 11) is 1.55. The molecule has 0 saturated carbocycles. The van der Waals surface area contributed by atoms with Gasteiger partial charge in [0.05, 0.1) is 13.7 Å². The number of benzene rings is 1. The van der Waals surface area contributed by atoms with Crippen molar-refractivity contribution in [1.82, 2.24) is 5.32 Å². The second-order valence-electron chi connectivity index (χ2n) is 6.20. The van der Waals surface area contributed by atoms with E-state index in [1.165, 1.54) is 0 Å². The maximum atomic E-state index is 12.2. The molecule has 0 saturated heterocycles. The van der Waals surface area contributed by atoms with Crippen LogP contribution < -0.4 is 19.7 Å². The Morgan fingerprint density at radius 2 is 2.04 bits per heavy atom. The van der Waals surface area contributed by atoms with Crippen LogP contribution in [0.5, 0.6) is 11.5 Å². The molecule has 0 radical (unpaired) electrons. The van der Waals surface area contributed by atoms with E-state index in [0.717, 1.165) is 15.3 Å². The number of methoxy groups -OCH3 is 1. The number of carbonyl (C=O) groups excluding carboxylic acids is 1. The Bertz CT molecular complexity index is 751. The minimum atomic E-state index is -4.41. The van der Waals surface area contributed by atoms with Crippen LogP contribution >= 0.6 is 11.3 Å². The highest BCUT2D eigenvalue weighted by atomic mass is 32.1. The number of halogens is 3. The molecule has 2 N–H and O–H groups in total. The minimum Gasteiger partial charge on any atom is -0.493 e. The summed E-state index contributed by atoms with van der Waals surface area (Å²) in [6, 6.07) is 9.44. The van der Waals surface area contributed by atoms with Crippen molar-refractivity contribution >= 4 is 17.2 Å². The van der Waals surface area contributed by atoms with Gasteiger partial charge in [0, 0.05) is 10.4 Å². The minimum absolute atomic E-state index is 0.0362. The molecule has 1 unspecified atom stereocenters. The zero-order valence-corrected chi connectivity index (χ0v) is 16.6. The van der Waals surface area contributed by atoms with Gasteiger partial charge in [-0.25, -0.2) is 0 Å². The lowest BCUT2D eigenvalue weighted by Gasteiger charge is -2.18. The Labute approximate surface area is 166 Å². The molecule has 0 aliphatic carbocycles. The van der Waals surface area contributed by atoms with E-state index in [0.29, 0.717) is 31.2 Å². The highest BCUT2D eigenvalue weighted by Crippen LogP contribution is 2.29. The topological polar surface area (TPSA) is 52.0 Å². The first kappa shape index (κ1) is 22.0. The van der Waals surface area contributed by atoms with Gasteiger partial charge in [-0.2, -0.15) is 13.2 Å². The summed E-state index contributed by atoms with van der Waals surface area (Å²) in [5.74, 6) is 0.559. The molecular formula is C19H24F3N2O3S+. The van der Waals surface area contributed by atoms with Crippen molar-refractivity contribution in [2.45, 2.75) is 26.3 Å². The van der Waals surface area contributed by atoms with Crippen LogP contribution in [0.4, 0.5) is 13.2 Å². The molecule has 2 rings (SSSR count). The average Bonchev–Trinajstić information content (AvgIpc) is 3.17. The lowest BCUT2D eigenvalue weighted by molar-refractivity contribution is -0.904. The lowest BCUT2D eigenvalue weighted by atomic mass is 10.2. The number of quaternary nitrogens is 1. The number of nitrogens with one attached hydrogen (secondary N) is 2. The Hall–Kier alpha value is -2.26. The molecule has 28 heavy (non-hydrogen) atoms. The number of likely N-dealkylation sites (N-methyl/N-ethyl adjacent to an activating group) is 1. The first-order valence-corrected chi connectivity index (χ1v) is 9.67. The van der Waals surface area contributed by atoms with Crippen LogP contribution in [0.2, 0.25) is 0 Å². The third-order valence-electron chi connectivity index (χ3n) is 4.03. The SMILES string of the molecule is CC[NH+](CC(=O)NCC(F)(F)F)Cc1ccc(OCc2cccs2)c(OC)c1. The molecule has 2 aromatic rings. The van der Waals surface area contributed by atoms with Crippen LogP contribution in [0, 0.1) is 0 Å². The van der Waals surface area contributed by atoms with E-state index >= 15 is 0 Å². The van der Waals surface area contributed by atoms with Gasteiger partial charge in [0.25, 0.3) is 5.91 Å². The van der Waals surface area contributed by atoms with Crippen LogP contribution in [0.1, 0.15) is 17.4 Å². The molecule has 154 valence electrons. The van der Waals surface area contributed by atoms with Gasteiger partial charge in [0.2, 0.25) is 0 Å². The molecule has 1 amide bonds. The summed E-state index contributed by atoms with van der Waals surface area (Å²) in [4.78, 5) is 13.7. The summed E-state index contributed by atoms with van der Waals surface area (Å²) in [5.41, 5.74) is 0.904. The zero-order chi connectivity index (χ0) is 20.6. The maximum Gasteiger partial charge on any atom is 0.405 e. The van der Waals surface area contributed by atoms with Crippen molar-refractivity contribution in [3.05, 3.63) is 46.2 Å². The first-order chi connectivity index (χ1) is 13.3. The fourth-order valence-electron chi connectivity index (χ4n) is 2.57. The standard InChI is InChI=1S/C19H23F3N2O3S/c1-3-24(11-18(25)23-13-19(20,21)22)10-14-6-7-16(17(9-14)26-2)27-12-15-5-4-8-28-15/h4-9H,3,10-13H2,1-2H3,(H,23,25)/p+1. The third kappa shape index (κ3) is 7.40. The molecular weight excluding hydrogens is 393 g/mol. The van der Waals surface area contributed by atoms with Crippen LogP contribution in [0.15, 0.2) is 35.7 Å². The second kappa shape index (κ2) is 10.3. The van der Waals surface area contributed by atoms with Crippen molar-refractivity contribution < 1.29 is 32.3 Å². The summed E-state index contributed by atoms with van der Waals surface area (Å²) >= 11 is 1.60. The van der Waals surface area contributed by atoms with Crippen LogP contribution in [0.25, 0.3) is 0 Å². The molecule has 1 aromatic carbocycles. The molecule has 1 heterocycles. The number of ether oxygens (including phenoxy) is 2. The van der Waals surface area contributed by atoms with Crippen molar-refractivity contribution in [2.24, 2.45) is 0 Å². The van der Waals surface area contributed by atoms with Crippen molar-refractivity contribution in [2.75, 3.05) is 26.7 Å². The second-order valence-corrected chi connectivity index (χ2v) is 7.23. The van der Waals surface area contributed by atoms with Gasteiger partial charge in [-0.05, 0) is 36.6 Å². The molecule has 1 atom stereocenters. The number of thiophene rings is 1. The van der Waals surface area contributed by atoms with Crippen molar-refractivity contribution in [3.8, 4) is 11.5 Å². The number of amides is 1. The number of alkyl halides is 3. The van der Waals surface area contributed by atoms with Gasteiger partial charge in [-0.1, -0.05) is 6.07 Å². The summed E-state index contributed by atoms with van der Waals surface area (Å²) in [6.07, 6.45) is -4.41. The highest BCUT2D eigenvalue weighted by molar-refractivity contribution is 7.09. The Morgan fingerprint density at radius 1 is 1.25 bits per heavy atom. The molecule has 9 heteroatoms. The van der Waals surface area contributed by atoms with Gasteiger partial charge in [0.15, 0.2) is 18.0 Å². The van der Waals surface area contributed by atoms with Gasteiger partial charge >= 0.3 is 6.18 Å². The number of hydrogen-bond donors (Lipinski definition) is 2. The number of carbonyl (C=O) groups is 1. The van der Waals surface area contributed by atoms with Crippen LogP contribution in [0.3, 0.4) is 0 Å². The van der Waals surface area contributed by atoms with Gasteiger partial charge in [-0.3, -0.25) is 4.79 Å². The maximum absolute atomic E-state index is 12.2. The van der Waals surface area contributed by atoms with E-state index in [1.54, 1.807) is 24.5 Å². The molecule has 0 spiro atoms. The predicted octanol–water partition coefficient (Wildman–Crippen LogP) is 2.42. The van der Waals surface area contributed by atoms with E-state index in [2.05, 4.69) is 0 Å². The largest absolute Gasteiger partial charge is 0.493 e. The van der Waals surface area contributed by atoms with Crippen LogP contribution in [-0.4, -0.2) is 38.8 Å². The van der Waals surface area contributed by atoms with Crippen molar-refractivity contribution in [1.29, 1.82) is 0 Å². The molecule has 0 aliphatic rings. The smallest absolute Gasteiger partial charge is 0.405 e. The van der Waals surface area contributed by atoms with Gasteiger partial charge in [-0.15, -0.1) is 11.3 Å². The zero-order valence-electron chi connectivity index (χ0n) is 15.8. The van der Waals surface area contributed by atoms with Crippen molar-refractivity contribution in [3.63, 3.8) is 0 Å². The third-order valence-corrected chi connectivity index (χ3v) is 4.88. The quantitative estimate of drug-likeness (QED) is 0.624. The normalized spacial score (nSPS) is 12.5. The lowest BCUT2D eigenvalue weighted by Crippen LogP contribution is -3.11. The number of rotatable bonds is 10. The summed E-state index contributed by atoms with van der Waals surface area (Å²) in [5, 5.41) is 3.88. The molecule has 1 aromatic heterocycles. The molecule has 0 aliphatic heterocycles. The van der Waals surface area contributed by atoms with Gasteiger partial charge < -0.3 is 19.7 Å². The molecule has 0 bridgehead atoms. The first-order valence-electron chi connectivity index (χ1n) is 8.79. The Balaban J connectivity index is 1.94. The fraction of sp³-hybridized carbons (Fsp3) is 0.421.